The van der Waals surface area contributed by atoms with Gasteiger partial charge in [0.1, 0.15) is 5.69 Å². The molecule has 12 heavy (non-hydrogen) atoms. The SMILES string of the molecule is CCc1nn(C)c(C(N)=O)c1C. The Bertz CT molecular complexity index is 314. The summed E-state index contributed by atoms with van der Waals surface area (Å²) in [6.07, 6.45) is 0.826. The van der Waals surface area contributed by atoms with Crippen LogP contribution >= 0.6 is 0 Å². The zero-order valence-corrected chi connectivity index (χ0v) is 7.59. The highest BCUT2D eigenvalue weighted by Crippen LogP contribution is 2.11. The predicted octanol–water partition coefficient (Wildman–Crippen LogP) is 0.390. The Morgan fingerprint density at radius 3 is 2.50 bits per heavy atom. The van der Waals surface area contributed by atoms with Crippen LogP contribution in [0, 0.1) is 6.92 Å². The van der Waals surface area contributed by atoms with Gasteiger partial charge in [-0.15, -0.1) is 0 Å². The van der Waals surface area contributed by atoms with E-state index in [1.54, 1.807) is 7.05 Å². The summed E-state index contributed by atoms with van der Waals surface area (Å²) >= 11 is 0. The summed E-state index contributed by atoms with van der Waals surface area (Å²) in [6, 6.07) is 0. The molecule has 0 spiro atoms. The van der Waals surface area contributed by atoms with Gasteiger partial charge in [-0.3, -0.25) is 9.48 Å². The lowest BCUT2D eigenvalue weighted by atomic mass is 10.1. The first-order valence-electron chi connectivity index (χ1n) is 3.90. The lowest BCUT2D eigenvalue weighted by Crippen LogP contribution is -2.16. The maximum absolute atomic E-state index is 10.9. The first-order valence-corrected chi connectivity index (χ1v) is 3.90. The molecule has 0 saturated heterocycles. The zero-order chi connectivity index (χ0) is 9.30. The molecule has 0 fully saturated rings. The minimum Gasteiger partial charge on any atom is -0.364 e. The van der Waals surface area contributed by atoms with E-state index >= 15 is 0 Å². The molecule has 1 amide bonds. The number of aryl methyl sites for hydroxylation is 2. The van der Waals surface area contributed by atoms with Crippen molar-refractivity contribution in [1.82, 2.24) is 9.78 Å². The Morgan fingerprint density at radius 1 is 1.67 bits per heavy atom. The quantitative estimate of drug-likeness (QED) is 0.692. The molecule has 66 valence electrons. The van der Waals surface area contributed by atoms with Crippen molar-refractivity contribution in [3.63, 3.8) is 0 Å². The molecule has 1 aromatic heterocycles. The molecule has 0 atom stereocenters. The van der Waals surface area contributed by atoms with Crippen LogP contribution in [0.15, 0.2) is 0 Å². The van der Waals surface area contributed by atoms with E-state index in [0.29, 0.717) is 5.69 Å². The highest BCUT2D eigenvalue weighted by atomic mass is 16.1. The zero-order valence-electron chi connectivity index (χ0n) is 7.59. The molecule has 4 heteroatoms. The number of aromatic nitrogens is 2. The van der Waals surface area contributed by atoms with E-state index in [4.69, 9.17) is 5.73 Å². The third-order valence-electron chi connectivity index (χ3n) is 1.95. The molecule has 2 N–H and O–H groups in total. The van der Waals surface area contributed by atoms with E-state index in [2.05, 4.69) is 5.10 Å². The van der Waals surface area contributed by atoms with Gasteiger partial charge in [0.15, 0.2) is 0 Å². The molecule has 0 radical (unpaired) electrons. The maximum atomic E-state index is 10.9. The Hall–Kier alpha value is -1.32. The van der Waals surface area contributed by atoms with Crippen molar-refractivity contribution >= 4 is 5.91 Å². The summed E-state index contributed by atoms with van der Waals surface area (Å²) in [5.41, 5.74) is 7.52. The smallest absolute Gasteiger partial charge is 0.267 e. The first kappa shape index (κ1) is 8.77. The lowest BCUT2D eigenvalue weighted by Gasteiger charge is -1.95. The number of nitrogens with zero attached hydrogens (tertiary/aromatic N) is 2. The Kier molecular flexibility index (Phi) is 2.17. The van der Waals surface area contributed by atoms with Gasteiger partial charge in [0, 0.05) is 12.6 Å². The number of nitrogens with two attached hydrogens (primary N) is 1. The van der Waals surface area contributed by atoms with E-state index < -0.39 is 5.91 Å². The van der Waals surface area contributed by atoms with E-state index in [1.807, 2.05) is 13.8 Å². The molecular formula is C8H13N3O. The third-order valence-corrected chi connectivity index (χ3v) is 1.95. The number of carbonyl (C=O) groups excluding carboxylic acids is 1. The summed E-state index contributed by atoms with van der Waals surface area (Å²) in [4.78, 5) is 10.9. The van der Waals surface area contributed by atoms with Crippen molar-refractivity contribution in [3.05, 3.63) is 17.0 Å². The normalized spacial score (nSPS) is 10.2. The third kappa shape index (κ3) is 1.20. The molecule has 1 aromatic rings. The first-order chi connectivity index (χ1) is 5.57. The number of rotatable bonds is 2. The molecule has 1 rings (SSSR count). The molecule has 0 saturated carbocycles. The summed E-state index contributed by atoms with van der Waals surface area (Å²) in [5, 5.41) is 4.17. The number of hydrogen-bond donors (Lipinski definition) is 1. The van der Waals surface area contributed by atoms with Gasteiger partial charge in [-0.2, -0.15) is 5.10 Å². The van der Waals surface area contributed by atoms with Gasteiger partial charge in [-0.25, -0.2) is 0 Å². The fourth-order valence-corrected chi connectivity index (χ4v) is 1.37. The van der Waals surface area contributed by atoms with Crippen LogP contribution in [0.25, 0.3) is 0 Å². The summed E-state index contributed by atoms with van der Waals surface area (Å²) < 4.78 is 1.54. The summed E-state index contributed by atoms with van der Waals surface area (Å²) in [6.45, 7) is 3.87. The fraction of sp³-hybridized carbons (Fsp3) is 0.500. The average Bonchev–Trinajstić information content (AvgIpc) is 2.25. The van der Waals surface area contributed by atoms with Crippen LogP contribution in [0.3, 0.4) is 0 Å². The molecule has 0 unspecified atom stereocenters. The van der Waals surface area contributed by atoms with Crippen LogP contribution in [-0.2, 0) is 13.5 Å². The topological polar surface area (TPSA) is 60.9 Å². The largest absolute Gasteiger partial charge is 0.364 e. The second kappa shape index (κ2) is 2.97. The molecule has 0 aliphatic rings. The Balaban J connectivity index is 3.28. The van der Waals surface area contributed by atoms with Crippen LogP contribution < -0.4 is 5.73 Å². The van der Waals surface area contributed by atoms with Crippen LogP contribution in [0.2, 0.25) is 0 Å². The number of primary amides is 1. The van der Waals surface area contributed by atoms with Gasteiger partial charge >= 0.3 is 0 Å². The minimum absolute atomic E-state index is 0.415. The van der Waals surface area contributed by atoms with Gasteiger partial charge in [0.25, 0.3) is 5.91 Å². The molecule has 0 aliphatic heterocycles. The number of carbonyl (C=O) groups is 1. The number of hydrogen-bond acceptors (Lipinski definition) is 2. The van der Waals surface area contributed by atoms with E-state index in [-0.39, 0.29) is 0 Å². The highest BCUT2D eigenvalue weighted by molar-refractivity contribution is 5.92. The molecule has 4 nitrogen and oxygen atoms in total. The Labute approximate surface area is 71.4 Å². The highest BCUT2D eigenvalue weighted by Gasteiger charge is 2.14. The lowest BCUT2D eigenvalue weighted by molar-refractivity contribution is 0.0991. The van der Waals surface area contributed by atoms with Crippen LogP contribution in [0.5, 0.6) is 0 Å². The van der Waals surface area contributed by atoms with Gasteiger partial charge in [-0.1, -0.05) is 6.92 Å². The predicted molar refractivity (Wildman–Crippen MR) is 45.8 cm³/mol. The molecule has 1 heterocycles. The van der Waals surface area contributed by atoms with E-state index in [0.717, 1.165) is 17.7 Å². The van der Waals surface area contributed by atoms with E-state index in [9.17, 15) is 4.79 Å². The van der Waals surface area contributed by atoms with Crippen molar-refractivity contribution in [2.75, 3.05) is 0 Å². The minimum atomic E-state index is -0.415. The molecule has 0 aromatic carbocycles. The van der Waals surface area contributed by atoms with Gasteiger partial charge in [-0.05, 0) is 13.3 Å². The van der Waals surface area contributed by atoms with Crippen molar-refractivity contribution in [3.8, 4) is 0 Å². The summed E-state index contributed by atoms with van der Waals surface area (Å²) in [7, 11) is 1.73. The second-order valence-electron chi connectivity index (χ2n) is 2.76. The maximum Gasteiger partial charge on any atom is 0.267 e. The average molecular weight is 167 g/mol. The van der Waals surface area contributed by atoms with Crippen LogP contribution in [0.1, 0.15) is 28.7 Å². The molecular weight excluding hydrogens is 154 g/mol. The van der Waals surface area contributed by atoms with Crippen molar-refractivity contribution in [1.29, 1.82) is 0 Å². The van der Waals surface area contributed by atoms with Gasteiger partial charge in [0.2, 0.25) is 0 Å². The van der Waals surface area contributed by atoms with Crippen molar-refractivity contribution in [2.45, 2.75) is 20.3 Å². The van der Waals surface area contributed by atoms with E-state index in [1.165, 1.54) is 4.68 Å². The standard InChI is InChI=1S/C8H13N3O/c1-4-6-5(2)7(8(9)12)11(3)10-6/h4H2,1-3H3,(H2,9,12). The summed E-state index contributed by atoms with van der Waals surface area (Å²) in [5.74, 6) is -0.415. The Morgan fingerprint density at radius 2 is 2.25 bits per heavy atom. The monoisotopic (exact) mass is 167 g/mol. The number of amides is 1. The van der Waals surface area contributed by atoms with Crippen molar-refractivity contribution < 1.29 is 4.79 Å². The van der Waals surface area contributed by atoms with Crippen LogP contribution in [0.4, 0.5) is 0 Å². The van der Waals surface area contributed by atoms with Crippen LogP contribution in [-0.4, -0.2) is 15.7 Å². The second-order valence-corrected chi connectivity index (χ2v) is 2.76. The van der Waals surface area contributed by atoms with Gasteiger partial charge in [0.05, 0.1) is 5.69 Å². The fourth-order valence-electron chi connectivity index (χ4n) is 1.37. The molecule has 0 bridgehead atoms. The van der Waals surface area contributed by atoms with Crippen molar-refractivity contribution in [2.24, 2.45) is 12.8 Å². The molecule has 0 aliphatic carbocycles. The van der Waals surface area contributed by atoms with Gasteiger partial charge < -0.3 is 5.73 Å².